The number of nitrogens with zero attached hydrogens (tertiary/aromatic N) is 2. The Labute approximate surface area is 122 Å². The Bertz CT molecular complexity index is 727. The van der Waals surface area contributed by atoms with Crippen LogP contribution in [0.25, 0.3) is 11.3 Å². The molecule has 1 aromatic carbocycles. The van der Waals surface area contributed by atoms with Crippen molar-refractivity contribution in [1.82, 2.24) is 14.9 Å². The number of hydrogen-bond donors (Lipinski definition) is 2. The second-order valence-electron chi connectivity index (χ2n) is 5.13. The highest BCUT2D eigenvalue weighted by Crippen LogP contribution is 2.21. The number of benzene rings is 1. The van der Waals surface area contributed by atoms with E-state index in [1.165, 1.54) is 4.90 Å². The van der Waals surface area contributed by atoms with Crippen LogP contribution in [0.3, 0.4) is 0 Å². The molecule has 1 amide bonds. The summed E-state index contributed by atoms with van der Waals surface area (Å²) in [5.41, 5.74) is 1.05. The van der Waals surface area contributed by atoms with Crippen molar-refractivity contribution >= 4 is 5.91 Å². The number of aliphatic hydroxyl groups is 1. The van der Waals surface area contributed by atoms with Gasteiger partial charge in [-0.15, -0.1) is 0 Å². The largest absolute Gasteiger partial charge is 0.369 e. The number of hydrogen-bond acceptors (Lipinski definition) is 3. The van der Waals surface area contributed by atoms with E-state index in [4.69, 9.17) is 0 Å². The van der Waals surface area contributed by atoms with E-state index >= 15 is 0 Å². The van der Waals surface area contributed by atoms with Gasteiger partial charge in [-0.3, -0.25) is 4.79 Å². The molecule has 2 N–H and O–H groups in total. The molecular formula is C16H15N3O2. The van der Waals surface area contributed by atoms with Crippen LogP contribution in [0, 0.1) is 11.8 Å². The molecule has 0 saturated carbocycles. The normalized spacial score (nSPS) is 21.2. The number of nitrogens with one attached hydrogen (secondary N) is 1. The van der Waals surface area contributed by atoms with Crippen LogP contribution < -0.4 is 0 Å². The second kappa shape index (κ2) is 5.08. The first-order valence-electron chi connectivity index (χ1n) is 6.68. The number of carbonyl (C=O) groups excluding carboxylic acids is 1. The van der Waals surface area contributed by atoms with Gasteiger partial charge in [0.25, 0.3) is 5.91 Å². The quantitative estimate of drug-likeness (QED) is 0.767. The SMILES string of the molecule is CN1CC[C@@](O)(C#Cc2cccc(-c3cnc[nH]3)c2)C1=O. The molecule has 5 nitrogen and oxygen atoms in total. The first-order chi connectivity index (χ1) is 10.1. The maximum atomic E-state index is 11.9. The van der Waals surface area contributed by atoms with Gasteiger partial charge in [0.15, 0.2) is 0 Å². The van der Waals surface area contributed by atoms with Gasteiger partial charge >= 0.3 is 0 Å². The molecular weight excluding hydrogens is 266 g/mol. The Hall–Kier alpha value is -2.58. The molecule has 1 saturated heterocycles. The van der Waals surface area contributed by atoms with Crippen molar-refractivity contribution in [3.8, 4) is 23.1 Å². The molecule has 0 spiro atoms. The molecule has 1 aliphatic heterocycles. The summed E-state index contributed by atoms with van der Waals surface area (Å²) >= 11 is 0. The van der Waals surface area contributed by atoms with Crippen molar-refractivity contribution in [2.75, 3.05) is 13.6 Å². The van der Waals surface area contributed by atoms with Crippen LogP contribution in [0.5, 0.6) is 0 Å². The summed E-state index contributed by atoms with van der Waals surface area (Å²) < 4.78 is 0. The minimum atomic E-state index is -1.56. The average molecular weight is 281 g/mol. The first kappa shape index (κ1) is 13.4. The molecule has 1 fully saturated rings. The summed E-state index contributed by atoms with van der Waals surface area (Å²) in [5.74, 6) is 5.28. The van der Waals surface area contributed by atoms with Crippen molar-refractivity contribution < 1.29 is 9.90 Å². The summed E-state index contributed by atoms with van der Waals surface area (Å²) in [7, 11) is 1.67. The summed E-state index contributed by atoms with van der Waals surface area (Å²) in [4.78, 5) is 20.4. The fourth-order valence-electron chi connectivity index (χ4n) is 2.32. The maximum absolute atomic E-state index is 11.9. The lowest BCUT2D eigenvalue weighted by Crippen LogP contribution is -2.37. The topological polar surface area (TPSA) is 69.2 Å². The van der Waals surface area contributed by atoms with Crippen molar-refractivity contribution in [3.05, 3.63) is 42.4 Å². The monoisotopic (exact) mass is 281 g/mol. The van der Waals surface area contributed by atoms with E-state index in [0.717, 1.165) is 16.8 Å². The Morgan fingerprint density at radius 3 is 3.00 bits per heavy atom. The molecule has 0 bridgehead atoms. The highest BCUT2D eigenvalue weighted by atomic mass is 16.3. The fraction of sp³-hybridized carbons (Fsp3) is 0.250. The van der Waals surface area contributed by atoms with Gasteiger partial charge in [0.05, 0.1) is 18.2 Å². The molecule has 0 radical (unpaired) electrons. The van der Waals surface area contributed by atoms with Crippen LogP contribution >= 0.6 is 0 Å². The van der Waals surface area contributed by atoms with Crippen molar-refractivity contribution in [1.29, 1.82) is 0 Å². The standard InChI is InChI=1S/C16H15N3O2/c1-19-8-7-16(21,15(19)20)6-5-12-3-2-4-13(9-12)14-10-17-11-18-14/h2-4,9-11,21H,7-8H2,1H3,(H,17,18)/t16-/m0/s1. The maximum Gasteiger partial charge on any atom is 0.267 e. The first-order valence-corrected chi connectivity index (χ1v) is 6.68. The lowest BCUT2D eigenvalue weighted by molar-refractivity contribution is -0.137. The fourth-order valence-corrected chi connectivity index (χ4v) is 2.32. The van der Waals surface area contributed by atoms with Gasteiger partial charge in [-0.05, 0) is 12.1 Å². The average Bonchev–Trinajstić information content (AvgIpc) is 3.12. The van der Waals surface area contributed by atoms with E-state index in [2.05, 4.69) is 21.8 Å². The minimum absolute atomic E-state index is 0.334. The second-order valence-corrected chi connectivity index (χ2v) is 5.13. The van der Waals surface area contributed by atoms with E-state index in [1.54, 1.807) is 19.6 Å². The van der Waals surface area contributed by atoms with Crippen LogP contribution in [-0.2, 0) is 4.79 Å². The Morgan fingerprint density at radius 2 is 2.33 bits per heavy atom. The molecule has 106 valence electrons. The zero-order chi connectivity index (χ0) is 14.9. The highest BCUT2D eigenvalue weighted by Gasteiger charge is 2.42. The Kier molecular flexibility index (Phi) is 3.24. The summed E-state index contributed by atoms with van der Waals surface area (Å²) in [6.45, 7) is 0.526. The van der Waals surface area contributed by atoms with Crippen LogP contribution in [0.1, 0.15) is 12.0 Å². The molecule has 2 heterocycles. The number of imidazole rings is 1. The zero-order valence-electron chi connectivity index (χ0n) is 11.6. The molecule has 1 aliphatic rings. The van der Waals surface area contributed by atoms with E-state index in [9.17, 15) is 9.90 Å². The number of H-pyrrole nitrogens is 1. The van der Waals surface area contributed by atoms with Gasteiger partial charge in [0.2, 0.25) is 5.60 Å². The summed E-state index contributed by atoms with van der Waals surface area (Å²) in [6.07, 6.45) is 3.69. The highest BCUT2D eigenvalue weighted by molar-refractivity contribution is 5.90. The van der Waals surface area contributed by atoms with Gasteiger partial charge < -0.3 is 15.0 Å². The third kappa shape index (κ3) is 2.54. The third-order valence-electron chi connectivity index (χ3n) is 3.59. The third-order valence-corrected chi connectivity index (χ3v) is 3.59. The molecule has 1 aromatic heterocycles. The number of carbonyl (C=O) groups is 1. The van der Waals surface area contributed by atoms with Crippen LogP contribution in [-0.4, -0.2) is 45.1 Å². The van der Waals surface area contributed by atoms with Crippen LogP contribution in [0.15, 0.2) is 36.8 Å². The molecule has 0 aliphatic carbocycles. The summed E-state index contributed by atoms with van der Waals surface area (Å²) in [5, 5.41) is 10.3. The number of amides is 1. The van der Waals surface area contributed by atoms with Crippen LogP contribution in [0.2, 0.25) is 0 Å². The van der Waals surface area contributed by atoms with Crippen molar-refractivity contribution in [2.45, 2.75) is 12.0 Å². The van der Waals surface area contributed by atoms with Gasteiger partial charge in [-0.1, -0.05) is 24.0 Å². The smallest absolute Gasteiger partial charge is 0.267 e. The molecule has 3 rings (SSSR count). The van der Waals surface area contributed by atoms with Gasteiger partial charge in [0, 0.05) is 31.1 Å². The molecule has 0 unspecified atom stereocenters. The lowest BCUT2D eigenvalue weighted by Gasteiger charge is -2.13. The number of likely N-dealkylation sites (N-methyl/N-ethyl adjacent to an activating group) is 1. The van der Waals surface area contributed by atoms with Gasteiger partial charge in [-0.2, -0.15) is 0 Å². The van der Waals surface area contributed by atoms with E-state index < -0.39 is 5.60 Å². The van der Waals surface area contributed by atoms with E-state index in [1.807, 2.05) is 24.3 Å². The minimum Gasteiger partial charge on any atom is -0.369 e. The number of aromatic amines is 1. The predicted octanol–water partition coefficient (Wildman–Crippen LogP) is 1.02. The van der Waals surface area contributed by atoms with Crippen molar-refractivity contribution in [2.24, 2.45) is 0 Å². The zero-order valence-corrected chi connectivity index (χ0v) is 11.6. The van der Waals surface area contributed by atoms with E-state index in [0.29, 0.717) is 13.0 Å². The molecule has 2 aromatic rings. The lowest BCUT2D eigenvalue weighted by atomic mass is 10.0. The van der Waals surface area contributed by atoms with E-state index in [-0.39, 0.29) is 5.91 Å². The molecule has 1 atom stereocenters. The number of likely N-dealkylation sites (tertiary alicyclic amines) is 1. The molecule has 21 heavy (non-hydrogen) atoms. The Balaban J connectivity index is 1.88. The summed E-state index contributed by atoms with van der Waals surface area (Å²) in [6, 6.07) is 7.57. The van der Waals surface area contributed by atoms with Crippen molar-refractivity contribution in [3.63, 3.8) is 0 Å². The van der Waals surface area contributed by atoms with Gasteiger partial charge in [-0.25, -0.2) is 4.98 Å². The Morgan fingerprint density at radius 1 is 1.48 bits per heavy atom. The molecule has 5 heteroatoms. The van der Waals surface area contributed by atoms with Gasteiger partial charge in [0.1, 0.15) is 0 Å². The predicted molar refractivity (Wildman–Crippen MR) is 78.1 cm³/mol. The number of aromatic nitrogens is 2. The van der Waals surface area contributed by atoms with Crippen LogP contribution in [0.4, 0.5) is 0 Å². The number of rotatable bonds is 1.